The van der Waals surface area contributed by atoms with Gasteiger partial charge in [-0.3, -0.25) is 4.79 Å². The van der Waals surface area contributed by atoms with Gasteiger partial charge in [-0.25, -0.2) is 0 Å². The lowest BCUT2D eigenvalue weighted by Gasteiger charge is -2.13. The summed E-state index contributed by atoms with van der Waals surface area (Å²) in [5, 5.41) is 20.2. The number of carbonyl (C=O) groups is 1. The number of hydrogen-bond acceptors (Lipinski definition) is 4. The molecule has 1 aromatic heterocycles. The largest absolute Gasteiger partial charge is 0.508 e. The number of carbonyl (C=O) groups excluding carboxylic acids is 1. The van der Waals surface area contributed by atoms with E-state index < -0.39 is 0 Å². The molecule has 1 atom stereocenters. The summed E-state index contributed by atoms with van der Waals surface area (Å²) in [4.78, 5) is 11.9. The van der Waals surface area contributed by atoms with Crippen LogP contribution < -0.4 is 5.32 Å². The van der Waals surface area contributed by atoms with Gasteiger partial charge in [0.25, 0.3) is 0 Å². The van der Waals surface area contributed by atoms with Crippen molar-refractivity contribution in [2.75, 3.05) is 0 Å². The van der Waals surface area contributed by atoms with Gasteiger partial charge in [-0.15, -0.1) is 10.2 Å². The minimum absolute atomic E-state index is 0.129. The van der Waals surface area contributed by atoms with Gasteiger partial charge in [-0.05, 0) is 13.0 Å². The van der Waals surface area contributed by atoms with Crippen molar-refractivity contribution < 1.29 is 9.90 Å². The molecule has 1 aromatic carbocycles. The third-order valence-corrected chi connectivity index (χ3v) is 2.85. The predicted octanol–water partition coefficient (Wildman–Crippen LogP) is 0.941. The number of nitrogens with one attached hydrogen (secondary N) is 1. The van der Waals surface area contributed by atoms with Crippen molar-refractivity contribution in [3.8, 4) is 5.75 Å². The van der Waals surface area contributed by atoms with Gasteiger partial charge in [0.05, 0.1) is 12.5 Å². The number of aryl methyl sites for hydroxylation is 1. The molecule has 0 saturated heterocycles. The first-order valence-electron chi connectivity index (χ1n) is 5.98. The zero-order valence-corrected chi connectivity index (χ0v) is 10.9. The Balaban J connectivity index is 1.99. The average molecular weight is 260 g/mol. The Morgan fingerprint density at radius 1 is 1.47 bits per heavy atom. The molecule has 0 aliphatic rings. The third-order valence-electron chi connectivity index (χ3n) is 2.85. The first-order chi connectivity index (χ1) is 9.08. The molecule has 6 heteroatoms. The van der Waals surface area contributed by atoms with Crippen molar-refractivity contribution in [3.63, 3.8) is 0 Å². The highest BCUT2D eigenvalue weighted by molar-refractivity contribution is 5.79. The molecule has 1 unspecified atom stereocenters. The second kappa shape index (κ2) is 5.51. The Hall–Kier alpha value is -2.37. The maximum absolute atomic E-state index is 11.9. The van der Waals surface area contributed by atoms with Gasteiger partial charge in [0.15, 0.2) is 5.82 Å². The highest BCUT2D eigenvalue weighted by Gasteiger charge is 2.15. The molecule has 0 fully saturated rings. The molecule has 2 N–H and O–H groups in total. The van der Waals surface area contributed by atoms with Gasteiger partial charge >= 0.3 is 0 Å². The molecule has 100 valence electrons. The lowest BCUT2D eigenvalue weighted by molar-refractivity contribution is -0.121. The summed E-state index contributed by atoms with van der Waals surface area (Å²) < 4.78 is 1.75. The number of phenols is 1. The van der Waals surface area contributed by atoms with E-state index in [4.69, 9.17) is 0 Å². The van der Waals surface area contributed by atoms with Crippen LogP contribution in [0.4, 0.5) is 0 Å². The van der Waals surface area contributed by atoms with Crippen molar-refractivity contribution in [2.24, 2.45) is 7.05 Å². The number of aromatic hydroxyl groups is 1. The Morgan fingerprint density at radius 3 is 2.84 bits per heavy atom. The number of aromatic nitrogens is 3. The fourth-order valence-electron chi connectivity index (χ4n) is 1.87. The number of amides is 1. The van der Waals surface area contributed by atoms with E-state index in [0.717, 1.165) is 0 Å². The molecule has 0 bridgehead atoms. The van der Waals surface area contributed by atoms with Crippen molar-refractivity contribution >= 4 is 5.91 Å². The molecule has 0 saturated carbocycles. The highest BCUT2D eigenvalue weighted by Crippen LogP contribution is 2.16. The van der Waals surface area contributed by atoms with Gasteiger partial charge in [0, 0.05) is 12.6 Å². The van der Waals surface area contributed by atoms with Crippen molar-refractivity contribution in [2.45, 2.75) is 19.4 Å². The van der Waals surface area contributed by atoms with Gasteiger partial charge < -0.3 is 15.0 Å². The van der Waals surface area contributed by atoms with Gasteiger partial charge in [-0.2, -0.15) is 0 Å². The van der Waals surface area contributed by atoms with Crippen LogP contribution in [0.5, 0.6) is 5.75 Å². The molecular formula is C13H16N4O2. The Morgan fingerprint density at radius 2 is 2.21 bits per heavy atom. The van der Waals surface area contributed by atoms with E-state index in [-0.39, 0.29) is 24.1 Å². The van der Waals surface area contributed by atoms with Crippen LogP contribution in [0.15, 0.2) is 30.6 Å². The first kappa shape index (κ1) is 13.1. The predicted molar refractivity (Wildman–Crippen MR) is 69.4 cm³/mol. The van der Waals surface area contributed by atoms with Crippen molar-refractivity contribution in [3.05, 3.63) is 42.0 Å². The Labute approximate surface area is 111 Å². The molecule has 2 rings (SSSR count). The zero-order chi connectivity index (χ0) is 13.8. The minimum Gasteiger partial charge on any atom is -0.508 e. The van der Waals surface area contributed by atoms with Gasteiger partial charge in [-0.1, -0.05) is 18.2 Å². The molecule has 1 amide bonds. The SMILES string of the molecule is CC(NC(=O)Cc1ccccc1O)c1nncn1C. The van der Waals surface area contributed by atoms with Crippen LogP contribution in [0.1, 0.15) is 24.4 Å². The summed E-state index contributed by atoms with van der Waals surface area (Å²) in [5.74, 6) is 0.645. The molecule has 0 aliphatic carbocycles. The van der Waals surface area contributed by atoms with E-state index >= 15 is 0 Å². The molecule has 6 nitrogen and oxygen atoms in total. The summed E-state index contributed by atoms with van der Waals surface area (Å²) in [6, 6.07) is 6.56. The molecule has 0 spiro atoms. The average Bonchev–Trinajstić information content (AvgIpc) is 2.78. The minimum atomic E-state index is -0.231. The van der Waals surface area contributed by atoms with E-state index in [0.29, 0.717) is 11.4 Å². The fraction of sp³-hybridized carbons (Fsp3) is 0.308. The van der Waals surface area contributed by atoms with E-state index in [2.05, 4.69) is 15.5 Å². The Kier molecular flexibility index (Phi) is 3.79. The van der Waals surface area contributed by atoms with Crippen LogP contribution in [0.25, 0.3) is 0 Å². The number of hydrogen-bond donors (Lipinski definition) is 2. The van der Waals surface area contributed by atoms with Crippen LogP contribution in [-0.2, 0) is 18.3 Å². The van der Waals surface area contributed by atoms with E-state index in [1.807, 2.05) is 14.0 Å². The third kappa shape index (κ3) is 3.09. The van der Waals surface area contributed by atoms with Crippen LogP contribution in [0.3, 0.4) is 0 Å². The molecule has 0 aliphatic heterocycles. The van der Waals surface area contributed by atoms with Crippen LogP contribution >= 0.6 is 0 Å². The second-order valence-electron chi connectivity index (χ2n) is 4.39. The van der Waals surface area contributed by atoms with Crippen LogP contribution in [-0.4, -0.2) is 25.8 Å². The molecular weight excluding hydrogens is 244 g/mol. The second-order valence-corrected chi connectivity index (χ2v) is 4.39. The number of rotatable bonds is 4. The quantitative estimate of drug-likeness (QED) is 0.857. The fourth-order valence-corrected chi connectivity index (χ4v) is 1.87. The topological polar surface area (TPSA) is 80.0 Å². The standard InChI is InChI=1S/C13H16N4O2/c1-9(13-16-14-8-17(13)2)15-12(19)7-10-5-3-4-6-11(10)18/h3-6,8-9,18H,7H2,1-2H3,(H,15,19). The molecule has 1 heterocycles. The number of benzene rings is 1. The summed E-state index contributed by atoms with van der Waals surface area (Å²) in [6.07, 6.45) is 1.72. The van der Waals surface area contributed by atoms with Crippen LogP contribution in [0.2, 0.25) is 0 Å². The first-order valence-corrected chi connectivity index (χ1v) is 5.98. The lowest BCUT2D eigenvalue weighted by atomic mass is 10.1. The number of nitrogens with zero attached hydrogens (tertiary/aromatic N) is 3. The summed E-state index contributed by atoms with van der Waals surface area (Å²) in [7, 11) is 1.82. The van der Waals surface area contributed by atoms with Crippen molar-refractivity contribution in [1.82, 2.24) is 20.1 Å². The molecule has 0 radical (unpaired) electrons. The maximum Gasteiger partial charge on any atom is 0.225 e. The van der Waals surface area contributed by atoms with Crippen molar-refractivity contribution in [1.29, 1.82) is 0 Å². The smallest absolute Gasteiger partial charge is 0.225 e. The lowest BCUT2D eigenvalue weighted by Crippen LogP contribution is -2.29. The number of para-hydroxylation sites is 1. The normalized spacial score (nSPS) is 12.1. The summed E-state index contributed by atoms with van der Waals surface area (Å²) in [5.41, 5.74) is 0.602. The zero-order valence-electron chi connectivity index (χ0n) is 10.9. The monoisotopic (exact) mass is 260 g/mol. The highest BCUT2D eigenvalue weighted by atomic mass is 16.3. The maximum atomic E-state index is 11.9. The van der Waals surface area contributed by atoms with E-state index in [1.54, 1.807) is 35.2 Å². The summed E-state index contributed by atoms with van der Waals surface area (Å²) >= 11 is 0. The Bertz CT molecular complexity index is 580. The number of phenolic OH excluding ortho intramolecular Hbond substituents is 1. The summed E-state index contributed by atoms with van der Waals surface area (Å²) in [6.45, 7) is 1.84. The van der Waals surface area contributed by atoms with E-state index in [1.165, 1.54) is 0 Å². The van der Waals surface area contributed by atoms with E-state index in [9.17, 15) is 9.90 Å². The van der Waals surface area contributed by atoms with Gasteiger partial charge in [0.2, 0.25) is 5.91 Å². The molecule has 19 heavy (non-hydrogen) atoms. The molecule has 2 aromatic rings. The van der Waals surface area contributed by atoms with Crippen LogP contribution in [0, 0.1) is 0 Å². The van der Waals surface area contributed by atoms with Gasteiger partial charge in [0.1, 0.15) is 12.1 Å².